The molecule has 1 N–H and O–H groups in total. The fourth-order valence-corrected chi connectivity index (χ4v) is 3.30. The number of para-hydroxylation sites is 3. The molecule has 0 saturated heterocycles. The summed E-state index contributed by atoms with van der Waals surface area (Å²) in [5, 5.41) is 3.00. The summed E-state index contributed by atoms with van der Waals surface area (Å²) >= 11 is 3.43. The van der Waals surface area contributed by atoms with Gasteiger partial charge in [-0.05, 0) is 54.0 Å². The third-order valence-corrected chi connectivity index (χ3v) is 5.03. The number of halogens is 1. The van der Waals surface area contributed by atoms with Crippen LogP contribution in [0, 0.1) is 13.8 Å². The third kappa shape index (κ3) is 3.46. The third-order valence-electron chi connectivity index (χ3n) is 4.07. The van der Waals surface area contributed by atoms with Gasteiger partial charge in [0.25, 0.3) is 5.91 Å². The first-order valence-electron chi connectivity index (χ1n) is 7.93. The molecule has 0 spiro atoms. The molecular weight excluding hydrogens is 380 g/mol. The fraction of sp³-hybridized carbons (Fsp3) is 0.150. The molecule has 5 heteroatoms. The number of rotatable bonds is 4. The quantitative estimate of drug-likeness (QED) is 0.614. The van der Waals surface area contributed by atoms with Gasteiger partial charge in [-0.1, -0.05) is 30.3 Å². The van der Waals surface area contributed by atoms with Gasteiger partial charge < -0.3 is 14.6 Å². The van der Waals surface area contributed by atoms with Gasteiger partial charge in [-0.15, -0.1) is 0 Å². The Kier molecular flexibility index (Phi) is 4.95. The molecule has 0 aliphatic heterocycles. The first-order chi connectivity index (χ1) is 12.0. The molecule has 0 aliphatic carbocycles. The Balaban J connectivity index is 1.93. The lowest BCUT2D eigenvalue weighted by atomic mass is 10.2. The summed E-state index contributed by atoms with van der Waals surface area (Å²) in [7, 11) is 1.98. The number of hydrogen-bond acceptors (Lipinski definition) is 3. The minimum Gasteiger partial charge on any atom is -0.465 e. The van der Waals surface area contributed by atoms with E-state index in [1.54, 1.807) is 6.92 Å². The van der Waals surface area contributed by atoms with Gasteiger partial charge in [-0.25, -0.2) is 0 Å². The van der Waals surface area contributed by atoms with Crippen LogP contribution in [0.15, 0.2) is 63.5 Å². The Morgan fingerprint density at radius 3 is 2.28 bits per heavy atom. The number of carbonyl (C=O) groups excluding carboxylic acids is 1. The van der Waals surface area contributed by atoms with Gasteiger partial charge in [0.2, 0.25) is 0 Å². The molecule has 128 valence electrons. The van der Waals surface area contributed by atoms with Gasteiger partial charge >= 0.3 is 0 Å². The van der Waals surface area contributed by atoms with Crippen molar-refractivity contribution in [1.29, 1.82) is 0 Å². The number of amides is 1. The van der Waals surface area contributed by atoms with Crippen molar-refractivity contribution in [2.75, 3.05) is 17.3 Å². The van der Waals surface area contributed by atoms with E-state index in [1.807, 2.05) is 73.5 Å². The summed E-state index contributed by atoms with van der Waals surface area (Å²) in [6.45, 7) is 3.61. The highest BCUT2D eigenvalue weighted by Crippen LogP contribution is 2.32. The molecule has 3 aromatic rings. The molecule has 0 aliphatic rings. The molecule has 25 heavy (non-hydrogen) atoms. The molecule has 0 atom stereocenters. The van der Waals surface area contributed by atoms with Gasteiger partial charge in [-0.3, -0.25) is 4.79 Å². The zero-order valence-corrected chi connectivity index (χ0v) is 15.9. The second-order valence-electron chi connectivity index (χ2n) is 5.77. The van der Waals surface area contributed by atoms with E-state index in [9.17, 15) is 4.79 Å². The molecule has 0 fully saturated rings. The molecule has 2 aromatic carbocycles. The van der Waals surface area contributed by atoms with Gasteiger partial charge in [0.15, 0.2) is 0 Å². The predicted molar refractivity (Wildman–Crippen MR) is 105 cm³/mol. The van der Waals surface area contributed by atoms with Crippen LogP contribution in [0.3, 0.4) is 0 Å². The molecule has 0 saturated carbocycles. The largest absolute Gasteiger partial charge is 0.465 e. The van der Waals surface area contributed by atoms with Crippen molar-refractivity contribution in [2.24, 2.45) is 0 Å². The lowest BCUT2D eigenvalue weighted by molar-refractivity contribution is 0.102. The van der Waals surface area contributed by atoms with Crippen molar-refractivity contribution in [3.63, 3.8) is 0 Å². The summed E-state index contributed by atoms with van der Waals surface area (Å²) in [5.41, 5.74) is 3.22. The highest BCUT2D eigenvalue weighted by Gasteiger charge is 2.21. The van der Waals surface area contributed by atoms with E-state index in [2.05, 4.69) is 21.2 Å². The fourth-order valence-electron chi connectivity index (χ4n) is 2.76. The first-order valence-corrected chi connectivity index (χ1v) is 8.73. The van der Waals surface area contributed by atoms with Gasteiger partial charge in [0, 0.05) is 12.7 Å². The van der Waals surface area contributed by atoms with Gasteiger partial charge in [0.1, 0.15) is 11.5 Å². The highest BCUT2D eigenvalue weighted by molar-refractivity contribution is 9.10. The Labute approximate surface area is 155 Å². The summed E-state index contributed by atoms with van der Waals surface area (Å²) in [6, 6.07) is 17.7. The van der Waals surface area contributed by atoms with E-state index in [4.69, 9.17) is 4.42 Å². The number of aryl methyl sites for hydroxylation is 2. The van der Waals surface area contributed by atoms with E-state index >= 15 is 0 Å². The van der Waals surface area contributed by atoms with Crippen molar-refractivity contribution in [3.8, 4) is 0 Å². The van der Waals surface area contributed by atoms with Crippen LogP contribution in [0.2, 0.25) is 0 Å². The van der Waals surface area contributed by atoms with Crippen LogP contribution in [-0.4, -0.2) is 13.0 Å². The topological polar surface area (TPSA) is 45.5 Å². The molecule has 3 rings (SSSR count). The van der Waals surface area contributed by atoms with E-state index in [1.165, 1.54) is 0 Å². The monoisotopic (exact) mass is 398 g/mol. The molecular formula is C20H19BrN2O2. The lowest BCUT2D eigenvalue weighted by Gasteiger charge is -2.22. The molecule has 0 bridgehead atoms. The van der Waals surface area contributed by atoms with Crippen LogP contribution in [0.4, 0.5) is 17.1 Å². The number of carbonyl (C=O) groups is 1. The lowest BCUT2D eigenvalue weighted by Crippen LogP contribution is -2.17. The van der Waals surface area contributed by atoms with Crippen molar-refractivity contribution >= 4 is 38.9 Å². The molecule has 1 aromatic heterocycles. The Bertz CT molecular complexity index is 903. The first kappa shape index (κ1) is 17.3. The molecule has 0 radical (unpaired) electrons. The van der Waals surface area contributed by atoms with E-state index < -0.39 is 0 Å². The number of benzene rings is 2. The van der Waals surface area contributed by atoms with Crippen molar-refractivity contribution in [2.45, 2.75) is 13.8 Å². The van der Waals surface area contributed by atoms with Crippen molar-refractivity contribution in [1.82, 2.24) is 0 Å². The summed E-state index contributed by atoms with van der Waals surface area (Å²) in [5.74, 6) is 1.09. The molecule has 0 unspecified atom stereocenters. The second kappa shape index (κ2) is 7.15. The van der Waals surface area contributed by atoms with Crippen molar-refractivity contribution < 1.29 is 9.21 Å². The number of furan rings is 1. The predicted octanol–water partition coefficient (Wildman–Crippen LogP) is 5.68. The maximum atomic E-state index is 12.8. The van der Waals surface area contributed by atoms with E-state index in [0.717, 1.165) is 17.1 Å². The van der Waals surface area contributed by atoms with Crippen molar-refractivity contribution in [3.05, 3.63) is 76.2 Å². The Morgan fingerprint density at radius 2 is 1.64 bits per heavy atom. The number of nitrogens with one attached hydrogen (secondary N) is 1. The highest BCUT2D eigenvalue weighted by atomic mass is 79.9. The SMILES string of the molecule is Cc1oc(C)c(C(=O)Nc2ccccc2N(C)c2ccccc2)c1Br. The average molecular weight is 399 g/mol. The maximum absolute atomic E-state index is 12.8. The van der Waals surface area contributed by atoms with Gasteiger partial charge in [0.05, 0.1) is 21.4 Å². The summed E-state index contributed by atoms with van der Waals surface area (Å²) in [6.07, 6.45) is 0. The van der Waals surface area contributed by atoms with Crippen LogP contribution in [-0.2, 0) is 0 Å². The van der Waals surface area contributed by atoms with Crippen LogP contribution < -0.4 is 10.2 Å². The van der Waals surface area contributed by atoms with Crippen LogP contribution in [0.25, 0.3) is 0 Å². The van der Waals surface area contributed by atoms with Crippen LogP contribution in [0.5, 0.6) is 0 Å². The smallest absolute Gasteiger partial charge is 0.260 e. The second-order valence-corrected chi connectivity index (χ2v) is 6.56. The van der Waals surface area contributed by atoms with E-state index in [0.29, 0.717) is 21.6 Å². The average Bonchev–Trinajstić information content (AvgIpc) is 2.87. The van der Waals surface area contributed by atoms with Crippen LogP contribution in [0.1, 0.15) is 21.9 Å². The Morgan fingerprint density at radius 1 is 1.00 bits per heavy atom. The van der Waals surface area contributed by atoms with E-state index in [-0.39, 0.29) is 5.91 Å². The van der Waals surface area contributed by atoms with Crippen LogP contribution >= 0.6 is 15.9 Å². The molecule has 1 heterocycles. The zero-order valence-electron chi connectivity index (χ0n) is 14.3. The number of anilines is 3. The minimum absolute atomic E-state index is 0.199. The summed E-state index contributed by atoms with van der Waals surface area (Å²) in [4.78, 5) is 14.8. The minimum atomic E-state index is -0.199. The molecule has 1 amide bonds. The normalized spacial score (nSPS) is 10.6. The maximum Gasteiger partial charge on any atom is 0.260 e. The summed E-state index contributed by atoms with van der Waals surface area (Å²) < 4.78 is 6.22. The number of hydrogen-bond donors (Lipinski definition) is 1. The standard InChI is InChI=1S/C20H19BrN2O2/c1-13-18(19(21)14(2)25-13)20(24)22-16-11-7-8-12-17(16)23(3)15-9-5-4-6-10-15/h4-12H,1-3H3,(H,22,24). The number of nitrogens with zero attached hydrogens (tertiary/aromatic N) is 1. The zero-order chi connectivity index (χ0) is 18.0. The molecule has 4 nitrogen and oxygen atoms in total. The van der Waals surface area contributed by atoms with Gasteiger partial charge in [-0.2, -0.15) is 0 Å². The Hall–Kier alpha value is -2.53.